The lowest BCUT2D eigenvalue weighted by molar-refractivity contribution is 0.669. The minimum Gasteiger partial charge on any atom is -0.456 e. The van der Waals surface area contributed by atoms with E-state index in [1.165, 1.54) is 0 Å². The number of aromatic nitrogens is 3. The number of nitrogens with zero attached hydrogens (tertiary/aromatic N) is 3. The van der Waals surface area contributed by atoms with Crippen LogP contribution in [0.2, 0.25) is 0 Å². The molecular weight excluding hydrogens is 526 g/mol. The van der Waals surface area contributed by atoms with Gasteiger partial charge in [-0.1, -0.05) is 127 Å². The summed E-state index contributed by atoms with van der Waals surface area (Å²) in [6.07, 6.45) is 0. The fourth-order valence-corrected chi connectivity index (χ4v) is 5.55. The van der Waals surface area contributed by atoms with Crippen molar-refractivity contribution in [3.8, 4) is 34.2 Å². The van der Waals surface area contributed by atoms with Crippen LogP contribution in [0.5, 0.6) is 0 Å². The van der Waals surface area contributed by atoms with Gasteiger partial charge in [0.15, 0.2) is 17.5 Å². The van der Waals surface area contributed by atoms with Crippen molar-refractivity contribution in [2.24, 2.45) is 0 Å². The van der Waals surface area contributed by atoms with Gasteiger partial charge in [-0.05, 0) is 44.5 Å². The van der Waals surface area contributed by atoms with Crippen LogP contribution in [-0.4, -0.2) is 15.0 Å². The Hall–Kier alpha value is -5.87. The number of rotatable bonds is 3. The van der Waals surface area contributed by atoms with Gasteiger partial charge in [-0.2, -0.15) is 0 Å². The largest absolute Gasteiger partial charge is 0.456 e. The Morgan fingerprint density at radius 2 is 1.16 bits per heavy atom. The molecule has 0 aliphatic heterocycles. The Labute approximate surface area is 262 Å². The first-order valence-corrected chi connectivity index (χ1v) is 13.5. The van der Waals surface area contributed by atoms with E-state index in [-0.39, 0.29) is 55.4 Å². The Morgan fingerprint density at radius 3 is 2.09 bits per heavy atom. The standard InChI is InChI=1S/C39H23N3O/c1-2-11-26(12-3-1)37-40-38(42-39(41-37)32-17-9-19-34-36(32)31-14-6-7-18-33(31)43-34)30-16-8-15-29-28(30)23-22-25-21-20-24-10-4-5-13-27(24)35(25)29/h1-23H/i4D,5D,8D,10D,13D,15D,16D,20D,21D,22D,23D. The van der Waals surface area contributed by atoms with Gasteiger partial charge in [-0.15, -0.1) is 0 Å². The third-order valence-electron chi connectivity index (χ3n) is 7.47. The Morgan fingerprint density at radius 1 is 0.442 bits per heavy atom. The zero-order chi connectivity index (χ0) is 37.9. The van der Waals surface area contributed by atoms with Crippen molar-refractivity contribution in [3.05, 3.63) is 139 Å². The van der Waals surface area contributed by atoms with Gasteiger partial charge in [0.2, 0.25) is 0 Å². The maximum Gasteiger partial charge on any atom is 0.164 e. The number of fused-ring (bicyclic) bond motifs is 8. The van der Waals surface area contributed by atoms with Crippen molar-refractivity contribution < 1.29 is 19.5 Å². The van der Waals surface area contributed by atoms with E-state index in [9.17, 15) is 2.74 Å². The molecule has 4 nitrogen and oxygen atoms in total. The van der Waals surface area contributed by atoms with E-state index >= 15 is 0 Å². The zero-order valence-electron chi connectivity index (χ0n) is 33.2. The van der Waals surface area contributed by atoms with Gasteiger partial charge in [0.05, 0.1) is 15.1 Å². The van der Waals surface area contributed by atoms with Crippen LogP contribution in [0.1, 0.15) is 15.1 Å². The second-order valence-electron chi connectivity index (χ2n) is 9.95. The highest BCUT2D eigenvalue weighted by Gasteiger charge is 2.19. The molecule has 4 heteroatoms. The molecule has 0 radical (unpaired) electrons. The van der Waals surface area contributed by atoms with E-state index in [1.807, 2.05) is 42.5 Å². The third-order valence-corrected chi connectivity index (χ3v) is 7.47. The van der Waals surface area contributed by atoms with E-state index in [1.54, 1.807) is 30.3 Å². The lowest BCUT2D eigenvalue weighted by Crippen LogP contribution is -2.01. The molecule has 7 aromatic carbocycles. The van der Waals surface area contributed by atoms with Crippen LogP contribution < -0.4 is 0 Å². The first kappa shape index (κ1) is 15.4. The second-order valence-corrected chi connectivity index (χ2v) is 9.95. The van der Waals surface area contributed by atoms with Crippen LogP contribution in [0.15, 0.2) is 144 Å². The van der Waals surface area contributed by atoms with Gasteiger partial charge in [0.25, 0.3) is 0 Å². The molecule has 0 saturated heterocycles. The van der Waals surface area contributed by atoms with Crippen LogP contribution in [-0.2, 0) is 0 Å². The molecule has 43 heavy (non-hydrogen) atoms. The fourth-order valence-electron chi connectivity index (χ4n) is 5.55. The molecule has 0 N–H and O–H groups in total. The Bertz CT molecular complexity index is 3130. The summed E-state index contributed by atoms with van der Waals surface area (Å²) in [6.45, 7) is 0. The average Bonchev–Trinajstić information content (AvgIpc) is 3.57. The van der Waals surface area contributed by atoms with Crippen molar-refractivity contribution in [3.63, 3.8) is 0 Å². The Kier molecular flexibility index (Phi) is 3.34. The Balaban J connectivity index is 1.49. The number of benzene rings is 7. The molecular formula is C39H23N3O. The molecule has 0 aliphatic rings. The maximum absolute atomic E-state index is 9.29. The van der Waals surface area contributed by atoms with Crippen molar-refractivity contribution in [2.75, 3.05) is 0 Å². The number of hydrogen-bond acceptors (Lipinski definition) is 4. The minimum absolute atomic E-state index is 0.145. The summed E-state index contributed by atoms with van der Waals surface area (Å²) in [6, 6.07) is 15.6. The van der Waals surface area contributed by atoms with Gasteiger partial charge in [0, 0.05) is 27.5 Å². The van der Waals surface area contributed by atoms with Crippen LogP contribution in [0.3, 0.4) is 0 Å². The van der Waals surface area contributed by atoms with Gasteiger partial charge in [-0.25, -0.2) is 15.0 Å². The first-order chi connectivity index (χ1) is 25.9. The molecule has 0 aliphatic carbocycles. The molecule has 0 atom stereocenters. The van der Waals surface area contributed by atoms with Gasteiger partial charge in [-0.3, -0.25) is 0 Å². The molecule has 0 unspecified atom stereocenters. The highest BCUT2D eigenvalue weighted by Crippen LogP contribution is 2.39. The monoisotopic (exact) mass is 560 g/mol. The summed E-state index contributed by atoms with van der Waals surface area (Å²) in [5.74, 6) is 0.226. The predicted octanol–water partition coefficient (Wildman–Crippen LogP) is 10.2. The van der Waals surface area contributed by atoms with Crippen molar-refractivity contribution in [2.45, 2.75) is 0 Å². The zero-order valence-corrected chi connectivity index (χ0v) is 22.2. The van der Waals surface area contributed by atoms with Crippen LogP contribution in [0.25, 0.3) is 88.4 Å². The average molecular weight is 561 g/mol. The first-order valence-electron chi connectivity index (χ1n) is 19.0. The molecule has 9 rings (SSSR count). The minimum atomic E-state index is -0.633. The van der Waals surface area contributed by atoms with Crippen molar-refractivity contribution in [1.29, 1.82) is 0 Å². The lowest BCUT2D eigenvalue weighted by atomic mass is 9.94. The normalized spacial score (nSPS) is 15.3. The van der Waals surface area contributed by atoms with E-state index in [0.717, 1.165) is 10.8 Å². The molecule has 200 valence electrons. The number of furan rings is 1. The molecule has 0 fully saturated rings. The molecule has 2 heterocycles. The summed E-state index contributed by atoms with van der Waals surface area (Å²) in [4.78, 5) is 14.5. The quantitative estimate of drug-likeness (QED) is 0.202. The molecule has 0 spiro atoms. The smallest absolute Gasteiger partial charge is 0.164 e. The van der Waals surface area contributed by atoms with Crippen LogP contribution in [0, 0.1) is 0 Å². The van der Waals surface area contributed by atoms with E-state index < -0.39 is 66.5 Å². The molecule has 0 amide bonds. The number of hydrogen-bond donors (Lipinski definition) is 0. The summed E-state index contributed by atoms with van der Waals surface area (Å²) in [5.41, 5.74) is 2.20. The second kappa shape index (κ2) is 9.33. The maximum atomic E-state index is 9.29. The third kappa shape index (κ3) is 3.74. The van der Waals surface area contributed by atoms with Crippen LogP contribution in [0.4, 0.5) is 0 Å². The van der Waals surface area contributed by atoms with E-state index in [4.69, 9.17) is 31.7 Å². The summed E-state index contributed by atoms with van der Waals surface area (Å²) < 4.78 is 104. The fraction of sp³-hybridized carbons (Fsp3) is 0. The van der Waals surface area contributed by atoms with Crippen LogP contribution >= 0.6 is 0 Å². The summed E-state index contributed by atoms with van der Waals surface area (Å²) in [7, 11) is 0. The highest BCUT2D eigenvalue weighted by molar-refractivity contribution is 6.22. The van der Waals surface area contributed by atoms with Gasteiger partial charge in [0.1, 0.15) is 11.2 Å². The van der Waals surface area contributed by atoms with Gasteiger partial charge >= 0.3 is 0 Å². The number of para-hydroxylation sites is 1. The molecule has 0 saturated carbocycles. The molecule has 2 aromatic heterocycles. The van der Waals surface area contributed by atoms with Gasteiger partial charge < -0.3 is 4.42 Å². The lowest BCUT2D eigenvalue weighted by Gasteiger charge is -2.13. The molecule has 9 aromatic rings. The topological polar surface area (TPSA) is 51.8 Å². The van der Waals surface area contributed by atoms with E-state index in [0.29, 0.717) is 22.3 Å². The van der Waals surface area contributed by atoms with Crippen molar-refractivity contribution >= 4 is 54.3 Å². The SMILES string of the molecule is [2H]c1c([2H])c([2H])c2c(c1[2H])c([2H])c([2H])c1c([2H])c([2H])c3c(-c4nc(-c5ccccc5)nc(-c5cccc6oc7ccccc7c56)n4)c([2H])c([2H])c([2H])c3c12. The van der Waals surface area contributed by atoms with Crippen molar-refractivity contribution in [1.82, 2.24) is 15.0 Å². The molecule has 0 bridgehead atoms. The van der Waals surface area contributed by atoms with E-state index in [2.05, 4.69) is 0 Å². The summed E-state index contributed by atoms with van der Waals surface area (Å²) >= 11 is 0. The summed E-state index contributed by atoms with van der Waals surface area (Å²) in [5, 5.41) is 0.162. The highest BCUT2D eigenvalue weighted by atomic mass is 16.3. The predicted molar refractivity (Wildman–Crippen MR) is 176 cm³/mol.